The van der Waals surface area contributed by atoms with Gasteiger partial charge in [-0.15, -0.1) is 0 Å². The number of hydrogen-bond acceptors (Lipinski definition) is 4. The third-order valence-electron chi connectivity index (χ3n) is 4.95. The van der Waals surface area contributed by atoms with Crippen molar-refractivity contribution in [3.8, 4) is 16.9 Å². The van der Waals surface area contributed by atoms with Crippen molar-refractivity contribution in [2.45, 2.75) is 38.9 Å². The van der Waals surface area contributed by atoms with Crippen molar-refractivity contribution in [3.63, 3.8) is 0 Å². The topological polar surface area (TPSA) is 79.7 Å². The number of carboxylic acid groups (broad SMARTS) is 1. The van der Waals surface area contributed by atoms with Crippen molar-refractivity contribution >= 4 is 5.97 Å². The minimum absolute atomic E-state index is 0.278. The van der Waals surface area contributed by atoms with Crippen molar-refractivity contribution < 1.29 is 19.7 Å². The van der Waals surface area contributed by atoms with Crippen LogP contribution in [0.25, 0.3) is 11.1 Å². The summed E-state index contributed by atoms with van der Waals surface area (Å²) in [6.07, 6.45) is 3.96. The summed E-state index contributed by atoms with van der Waals surface area (Å²) in [5, 5.41) is 19.5. The van der Waals surface area contributed by atoms with Gasteiger partial charge in [0.15, 0.2) is 0 Å². The fraction of sp³-hybridized carbons (Fsp3) is 0.250. The molecule has 0 aliphatic carbocycles. The van der Waals surface area contributed by atoms with Crippen molar-refractivity contribution in [2.24, 2.45) is 0 Å². The fourth-order valence-electron chi connectivity index (χ4n) is 3.22. The van der Waals surface area contributed by atoms with Gasteiger partial charge >= 0.3 is 5.97 Å². The van der Waals surface area contributed by atoms with Crippen molar-refractivity contribution in [1.29, 1.82) is 0 Å². The summed E-state index contributed by atoms with van der Waals surface area (Å²) in [4.78, 5) is 15.2. The van der Waals surface area contributed by atoms with Crippen LogP contribution >= 0.6 is 0 Å². The van der Waals surface area contributed by atoms with E-state index in [9.17, 15) is 9.90 Å². The SMILES string of the molecule is Cc1cc(C(=O)O)ccc1-c1ccc(O[C@@H](C)[C@H](O)CCc2cccnc2)cc1. The molecular formula is C24H25NO4. The number of rotatable bonds is 8. The van der Waals surface area contributed by atoms with Crippen LogP contribution in [0.2, 0.25) is 0 Å². The van der Waals surface area contributed by atoms with E-state index in [1.165, 1.54) is 0 Å². The maximum absolute atomic E-state index is 11.1. The zero-order valence-corrected chi connectivity index (χ0v) is 16.6. The molecule has 0 aliphatic rings. The normalized spacial score (nSPS) is 12.9. The molecule has 3 aromatic rings. The van der Waals surface area contributed by atoms with Crippen LogP contribution in [0.4, 0.5) is 0 Å². The molecule has 1 aromatic heterocycles. The van der Waals surface area contributed by atoms with E-state index < -0.39 is 12.1 Å². The molecule has 5 nitrogen and oxygen atoms in total. The molecular weight excluding hydrogens is 366 g/mol. The Balaban J connectivity index is 1.60. The third-order valence-corrected chi connectivity index (χ3v) is 4.95. The van der Waals surface area contributed by atoms with Crippen LogP contribution < -0.4 is 4.74 Å². The number of carbonyl (C=O) groups is 1. The number of carboxylic acids is 1. The highest BCUT2D eigenvalue weighted by Gasteiger charge is 2.16. The molecule has 0 fully saturated rings. The summed E-state index contributed by atoms with van der Waals surface area (Å²) in [5.74, 6) is -0.249. The van der Waals surface area contributed by atoms with E-state index in [1.54, 1.807) is 18.3 Å². The lowest BCUT2D eigenvalue weighted by Crippen LogP contribution is -2.29. The van der Waals surface area contributed by atoms with E-state index >= 15 is 0 Å². The van der Waals surface area contributed by atoms with Crippen LogP contribution in [0.1, 0.15) is 34.8 Å². The van der Waals surface area contributed by atoms with Crippen LogP contribution in [0.5, 0.6) is 5.75 Å². The summed E-state index contributed by atoms with van der Waals surface area (Å²) in [6.45, 7) is 3.75. The number of ether oxygens (including phenoxy) is 1. The second kappa shape index (κ2) is 9.34. The molecule has 5 heteroatoms. The first-order chi connectivity index (χ1) is 13.9. The third kappa shape index (κ3) is 5.42. The lowest BCUT2D eigenvalue weighted by Gasteiger charge is -2.21. The summed E-state index contributed by atoms with van der Waals surface area (Å²) in [6, 6.07) is 16.6. The Morgan fingerprint density at radius 2 is 1.90 bits per heavy atom. The highest BCUT2D eigenvalue weighted by Crippen LogP contribution is 2.27. The van der Waals surface area contributed by atoms with E-state index in [2.05, 4.69) is 4.98 Å². The number of aryl methyl sites for hydroxylation is 2. The zero-order chi connectivity index (χ0) is 20.8. The molecule has 1 heterocycles. The highest BCUT2D eigenvalue weighted by molar-refractivity contribution is 5.89. The van der Waals surface area contributed by atoms with Crippen LogP contribution in [0.15, 0.2) is 67.0 Å². The second-order valence-electron chi connectivity index (χ2n) is 7.15. The van der Waals surface area contributed by atoms with E-state index in [-0.39, 0.29) is 11.7 Å². The van der Waals surface area contributed by atoms with E-state index in [1.807, 2.05) is 62.5 Å². The molecule has 2 N–H and O–H groups in total. The number of aromatic nitrogens is 1. The predicted octanol–water partition coefficient (Wildman–Crippen LogP) is 4.52. The first kappa shape index (κ1) is 20.6. The molecule has 3 rings (SSSR count). The van der Waals surface area contributed by atoms with Gasteiger partial charge in [-0.1, -0.05) is 24.3 Å². The van der Waals surface area contributed by atoms with Gasteiger partial charge in [0.25, 0.3) is 0 Å². The summed E-state index contributed by atoms with van der Waals surface area (Å²) in [5.41, 5.74) is 4.23. The van der Waals surface area contributed by atoms with Crippen LogP contribution in [-0.4, -0.2) is 33.4 Å². The van der Waals surface area contributed by atoms with Gasteiger partial charge in [0.05, 0.1) is 11.7 Å². The van der Waals surface area contributed by atoms with Crippen molar-refractivity contribution in [1.82, 2.24) is 4.98 Å². The maximum Gasteiger partial charge on any atom is 0.335 e. The summed E-state index contributed by atoms with van der Waals surface area (Å²) in [7, 11) is 0. The molecule has 0 aliphatic heterocycles. The first-order valence-corrected chi connectivity index (χ1v) is 9.62. The van der Waals surface area contributed by atoms with Gasteiger partial charge in [-0.2, -0.15) is 0 Å². The van der Waals surface area contributed by atoms with E-state index in [0.29, 0.717) is 12.2 Å². The average molecular weight is 391 g/mol. The number of hydrogen-bond donors (Lipinski definition) is 2. The number of aromatic carboxylic acids is 1. The predicted molar refractivity (Wildman–Crippen MR) is 112 cm³/mol. The Morgan fingerprint density at radius 3 is 2.52 bits per heavy atom. The molecule has 0 spiro atoms. The van der Waals surface area contributed by atoms with Gasteiger partial charge in [-0.05, 0) is 79.3 Å². The molecule has 0 unspecified atom stereocenters. The molecule has 29 heavy (non-hydrogen) atoms. The molecule has 0 saturated heterocycles. The molecule has 0 bridgehead atoms. The van der Waals surface area contributed by atoms with Gasteiger partial charge in [-0.25, -0.2) is 4.79 Å². The summed E-state index contributed by atoms with van der Waals surface area (Å²) < 4.78 is 5.89. The van der Waals surface area contributed by atoms with Gasteiger partial charge < -0.3 is 14.9 Å². The Hall–Kier alpha value is -3.18. The van der Waals surface area contributed by atoms with Gasteiger partial charge in [-0.3, -0.25) is 4.98 Å². The van der Waals surface area contributed by atoms with Gasteiger partial charge in [0, 0.05) is 12.4 Å². The van der Waals surface area contributed by atoms with Crippen LogP contribution in [0.3, 0.4) is 0 Å². The number of aliphatic hydroxyl groups is 1. The Kier molecular flexibility index (Phi) is 6.62. The maximum atomic E-state index is 11.1. The lowest BCUT2D eigenvalue weighted by molar-refractivity contribution is 0.0420. The van der Waals surface area contributed by atoms with E-state index in [0.717, 1.165) is 28.7 Å². The monoisotopic (exact) mass is 391 g/mol. The molecule has 0 saturated carbocycles. The van der Waals surface area contributed by atoms with Crippen molar-refractivity contribution in [3.05, 3.63) is 83.7 Å². The lowest BCUT2D eigenvalue weighted by atomic mass is 9.98. The summed E-state index contributed by atoms with van der Waals surface area (Å²) >= 11 is 0. The minimum atomic E-state index is -0.931. The largest absolute Gasteiger partial charge is 0.488 e. The number of aliphatic hydroxyl groups excluding tert-OH is 1. The Bertz CT molecular complexity index is 954. The zero-order valence-electron chi connectivity index (χ0n) is 16.6. The Morgan fingerprint density at radius 1 is 1.14 bits per heavy atom. The second-order valence-corrected chi connectivity index (χ2v) is 7.15. The van der Waals surface area contributed by atoms with E-state index in [4.69, 9.17) is 9.84 Å². The van der Waals surface area contributed by atoms with Gasteiger partial charge in [0.1, 0.15) is 11.9 Å². The Labute approximate surface area is 170 Å². The molecule has 0 amide bonds. The molecule has 0 radical (unpaired) electrons. The average Bonchev–Trinajstić information content (AvgIpc) is 2.73. The first-order valence-electron chi connectivity index (χ1n) is 9.62. The number of pyridine rings is 1. The van der Waals surface area contributed by atoms with Crippen molar-refractivity contribution in [2.75, 3.05) is 0 Å². The standard InChI is InChI=1S/C24H25NO4/c1-16-14-20(24(27)28)8-11-22(16)19-6-9-21(10-7-19)29-17(2)23(26)12-5-18-4-3-13-25-15-18/h3-4,6-11,13-15,17,23,26H,5,12H2,1-2H3,(H,27,28)/t17-,23+/m0/s1. The number of nitrogens with zero attached hydrogens (tertiary/aromatic N) is 1. The quantitative estimate of drug-likeness (QED) is 0.590. The smallest absolute Gasteiger partial charge is 0.335 e. The number of benzene rings is 2. The van der Waals surface area contributed by atoms with Crippen LogP contribution in [0, 0.1) is 6.92 Å². The molecule has 150 valence electrons. The minimum Gasteiger partial charge on any atom is -0.488 e. The fourth-order valence-corrected chi connectivity index (χ4v) is 3.22. The highest BCUT2D eigenvalue weighted by atomic mass is 16.5. The van der Waals surface area contributed by atoms with Crippen LogP contribution in [-0.2, 0) is 6.42 Å². The molecule has 2 aromatic carbocycles. The van der Waals surface area contributed by atoms with Gasteiger partial charge in [0.2, 0.25) is 0 Å². The molecule has 2 atom stereocenters.